The first-order chi connectivity index (χ1) is 4.75. The number of alkyl halides is 2. The zero-order valence-electron chi connectivity index (χ0n) is 6.60. The van der Waals surface area contributed by atoms with E-state index in [0.29, 0.717) is 4.91 Å². The van der Waals surface area contributed by atoms with Crippen LogP contribution in [0.15, 0.2) is 11.5 Å². The minimum atomic E-state index is -2.48. The molecule has 0 saturated heterocycles. The molecule has 0 aliphatic heterocycles. The molecule has 0 amide bonds. The number of hydrogen-bond donors (Lipinski definition) is 1. The van der Waals surface area contributed by atoms with Crippen molar-refractivity contribution in [1.29, 1.82) is 0 Å². The summed E-state index contributed by atoms with van der Waals surface area (Å²) in [5.41, 5.74) is 0. The summed E-state index contributed by atoms with van der Waals surface area (Å²) in [6, 6.07) is 0. The third-order valence-corrected chi connectivity index (χ3v) is 4.13. The summed E-state index contributed by atoms with van der Waals surface area (Å²) < 4.78 is 25.0. The Hall–Kier alpha value is 0.300. The first-order valence-corrected chi connectivity index (χ1v) is 6.78. The Balaban J connectivity index is 2.60. The van der Waals surface area contributed by atoms with Crippen molar-refractivity contribution in [2.75, 3.05) is 12.5 Å². The fourth-order valence-corrected chi connectivity index (χ4v) is 2.24. The Morgan fingerprint density at radius 1 is 1.64 bits per heavy atom. The van der Waals surface area contributed by atoms with Crippen LogP contribution in [-0.4, -0.2) is 18.4 Å². The maximum atomic E-state index is 12.5. The third kappa shape index (κ3) is 1.90. The van der Waals surface area contributed by atoms with Crippen LogP contribution in [-0.2, 0) is 0 Å². The van der Waals surface area contributed by atoms with E-state index in [4.69, 9.17) is 0 Å². The first kappa shape index (κ1) is 9.39. The highest BCUT2D eigenvalue weighted by Crippen LogP contribution is 2.65. The third-order valence-electron chi connectivity index (χ3n) is 1.86. The van der Waals surface area contributed by atoms with E-state index in [1.807, 2.05) is 12.5 Å². The fraction of sp³-hybridized carbons (Fsp3) is 0.714. The highest BCUT2D eigenvalue weighted by Gasteiger charge is 2.59. The largest absolute Gasteiger partial charge is 0.256 e. The molecule has 1 aliphatic carbocycles. The second-order valence-corrected chi connectivity index (χ2v) is 9.07. The van der Waals surface area contributed by atoms with Gasteiger partial charge in [0.2, 0.25) is 0 Å². The molecule has 1 rings (SSSR count). The lowest BCUT2D eigenvalue weighted by Crippen LogP contribution is -1.99. The van der Waals surface area contributed by atoms with Gasteiger partial charge in [0, 0.05) is 6.42 Å². The summed E-state index contributed by atoms with van der Waals surface area (Å²) in [5.74, 6) is -3.07. The van der Waals surface area contributed by atoms with Crippen molar-refractivity contribution < 1.29 is 8.78 Å². The quantitative estimate of drug-likeness (QED) is 0.511. The molecule has 1 aliphatic rings. The molecule has 11 heavy (non-hydrogen) atoms. The molecule has 0 nitrogen and oxygen atoms in total. The Labute approximate surface area is 72.2 Å². The van der Waals surface area contributed by atoms with Gasteiger partial charge in [0.15, 0.2) is 0 Å². The van der Waals surface area contributed by atoms with Crippen LogP contribution in [0.5, 0.6) is 0 Å². The van der Waals surface area contributed by atoms with Crippen molar-refractivity contribution in [2.24, 2.45) is 5.92 Å². The van der Waals surface area contributed by atoms with Gasteiger partial charge in [0.05, 0.1) is 5.92 Å². The smallest absolute Gasteiger partial charge is 0.206 e. The van der Waals surface area contributed by atoms with E-state index in [-0.39, 0.29) is 6.42 Å². The number of thiol groups is 1. The van der Waals surface area contributed by atoms with E-state index >= 15 is 0 Å². The van der Waals surface area contributed by atoms with Crippen LogP contribution < -0.4 is 0 Å². The van der Waals surface area contributed by atoms with Crippen LogP contribution in [0, 0.1) is 5.92 Å². The zero-order chi connectivity index (χ0) is 8.86. The topological polar surface area (TPSA) is 0 Å². The molecular formula is C7H12F2S2. The average molecular weight is 198 g/mol. The predicted octanol–water partition coefficient (Wildman–Crippen LogP) is 3.06. The van der Waals surface area contributed by atoms with E-state index < -0.39 is 20.9 Å². The molecule has 0 N–H and O–H groups in total. The van der Waals surface area contributed by atoms with Crippen LogP contribution in [0.4, 0.5) is 8.78 Å². The summed E-state index contributed by atoms with van der Waals surface area (Å²) in [4.78, 5) is 0.630. The molecule has 0 aromatic carbocycles. The molecule has 0 heterocycles. The monoisotopic (exact) mass is 198 g/mol. The molecule has 0 aromatic heterocycles. The summed E-state index contributed by atoms with van der Waals surface area (Å²) in [5, 5.41) is 0. The van der Waals surface area contributed by atoms with E-state index in [2.05, 4.69) is 18.2 Å². The van der Waals surface area contributed by atoms with Crippen LogP contribution in [0.25, 0.3) is 0 Å². The molecule has 1 atom stereocenters. The van der Waals surface area contributed by atoms with Crippen LogP contribution in [0.3, 0.4) is 0 Å². The summed E-state index contributed by atoms with van der Waals surface area (Å²) >= 11 is 4.26. The Kier molecular flexibility index (Phi) is 2.04. The molecule has 66 valence electrons. The minimum Gasteiger partial charge on any atom is -0.206 e. The van der Waals surface area contributed by atoms with E-state index in [0.717, 1.165) is 0 Å². The maximum Gasteiger partial charge on any atom is 0.256 e. The highest BCUT2D eigenvalue weighted by atomic mass is 33.1. The molecule has 0 aromatic rings. The minimum absolute atomic E-state index is 0.0250. The van der Waals surface area contributed by atoms with Gasteiger partial charge in [-0.05, 0) is 17.4 Å². The molecule has 0 bridgehead atoms. The second-order valence-electron chi connectivity index (χ2n) is 3.26. The van der Waals surface area contributed by atoms with Crippen LogP contribution >= 0.6 is 20.7 Å². The standard InChI is InChI=1S/C7H12F2S2/c1-5(11(2,3)10)6-4-7(6,8)9/h6,10H,1,4H2,2-3H3. The molecule has 1 unspecified atom stereocenters. The number of allylic oxidation sites excluding steroid dienone is 1. The van der Waals surface area contributed by atoms with Crippen molar-refractivity contribution in [1.82, 2.24) is 0 Å². The SMILES string of the molecule is C=C(C1CC1(F)F)S(C)(C)S. The highest BCUT2D eigenvalue weighted by molar-refractivity contribution is 8.89. The molecule has 0 radical (unpaired) electrons. The lowest BCUT2D eigenvalue weighted by Gasteiger charge is -2.26. The molecular weight excluding hydrogens is 186 g/mol. The maximum absolute atomic E-state index is 12.5. The van der Waals surface area contributed by atoms with Gasteiger partial charge < -0.3 is 0 Å². The van der Waals surface area contributed by atoms with Crippen molar-refractivity contribution >= 4 is 20.7 Å². The van der Waals surface area contributed by atoms with Crippen LogP contribution in [0.2, 0.25) is 0 Å². The van der Waals surface area contributed by atoms with Gasteiger partial charge in [0.25, 0.3) is 5.92 Å². The number of halogens is 2. The Morgan fingerprint density at radius 3 is 2.09 bits per heavy atom. The van der Waals surface area contributed by atoms with Gasteiger partial charge in [-0.3, -0.25) is 0 Å². The normalized spacial score (nSPS) is 29.7. The molecule has 1 saturated carbocycles. The Morgan fingerprint density at radius 2 is 2.00 bits per heavy atom. The van der Waals surface area contributed by atoms with Gasteiger partial charge in [-0.1, -0.05) is 6.58 Å². The van der Waals surface area contributed by atoms with Crippen molar-refractivity contribution in [2.45, 2.75) is 12.3 Å². The fourth-order valence-electron chi connectivity index (χ4n) is 0.911. The van der Waals surface area contributed by atoms with E-state index in [1.54, 1.807) is 0 Å². The summed E-state index contributed by atoms with van der Waals surface area (Å²) in [7, 11) is -1.29. The van der Waals surface area contributed by atoms with Gasteiger partial charge >= 0.3 is 0 Å². The van der Waals surface area contributed by atoms with Crippen molar-refractivity contribution in [3.05, 3.63) is 11.5 Å². The lowest BCUT2D eigenvalue weighted by molar-refractivity contribution is 0.107. The van der Waals surface area contributed by atoms with Gasteiger partial charge in [-0.15, -0.1) is 11.7 Å². The molecule has 0 spiro atoms. The predicted molar refractivity (Wildman–Crippen MR) is 50.6 cm³/mol. The Bertz CT molecular complexity index is 193. The second kappa shape index (κ2) is 2.39. The first-order valence-electron chi connectivity index (χ1n) is 3.27. The zero-order valence-corrected chi connectivity index (χ0v) is 8.31. The van der Waals surface area contributed by atoms with Gasteiger partial charge in [-0.2, -0.15) is 9.06 Å². The van der Waals surface area contributed by atoms with Gasteiger partial charge in [-0.25, -0.2) is 8.78 Å². The number of rotatable bonds is 2. The van der Waals surface area contributed by atoms with E-state index in [9.17, 15) is 8.78 Å². The average Bonchev–Trinajstić information content (AvgIpc) is 2.36. The van der Waals surface area contributed by atoms with Gasteiger partial charge in [0.1, 0.15) is 0 Å². The van der Waals surface area contributed by atoms with Crippen molar-refractivity contribution in [3.63, 3.8) is 0 Å². The summed E-state index contributed by atoms with van der Waals surface area (Å²) in [6.07, 6.45) is 3.71. The molecule has 4 heteroatoms. The van der Waals surface area contributed by atoms with Crippen molar-refractivity contribution in [3.8, 4) is 0 Å². The van der Waals surface area contributed by atoms with Crippen LogP contribution in [0.1, 0.15) is 6.42 Å². The molecule has 1 fully saturated rings. The lowest BCUT2D eigenvalue weighted by atomic mass is 10.4. The summed E-state index contributed by atoms with van der Waals surface area (Å²) in [6.45, 7) is 3.66. The number of hydrogen-bond acceptors (Lipinski definition) is 1. The van der Waals surface area contributed by atoms with E-state index in [1.165, 1.54) is 0 Å².